The van der Waals surface area contributed by atoms with Crippen molar-refractivity contribution in [3.8, 4) is 22.5 Å². The molecule has 146 valence electrons. The summed E-state index contributed by atoms with van der Waals surface area (Å²) in [4.78, 5) is 13.2. The van der Waals surface area contributed by atoms with Gasteiger partial charge >= 0.3 is 0 Å². The lowest BCUT2D eigenvalue weighted by molar-refractivity contribution is 0.881. The average Bonchev–Trinajstić information content (AvgIpc) is 3.33. The maximum Gasteiger partial charge on any atom is 0.205 e. The van der Waals surface area contributed by atoms with Crippen LogP contribution in [0, 0.1) is 6.92 Å². The molecule has 0 bridgehead atoms. The normalized spacial score (nSPS) is 11.0. The van der Waals surface area contributed by atoms with Gasteiger partial charge in [0.2, 0.25) is 5.82 Å². The topological polar surface area (TPSA) is 105 Å². The number of anilines is 1. The van der Waals surface area contributed by atoms with Crippen LogP contribution < -0.4 is 5.32 Å². The Hall–Kier alpha value is -4.20. The van der Waals surface area contributed by atoms with Crippen molar-refractivity contribution in [1.82, 2.24) is 35.6 Å². The van der Waals surface area contributed by atoms with Crippen LogP contribution in [0.2, 0.25) is 0 Å². The molecule has 5 aromatic rings. The number of pyridine rings is 1. The van der Waals surface area contributed by atoms with Crippen LogP contribution in [0.25, 0.3) is 33.7 Å². The van der Waals surface area contributed by atoms with E-state index in [0.29, 0.717) is 18.0 Å². The lowest BCUT2D eigenvalue weighted by atomic mass is 9.98. The number of rotatable bonds is 5. The van der Waals surface area contributed by atoms with E-state index in [1.165, 1.54) is 0 Å². The van der Waals surface area contributed by atoms with Crippen molar-refractivity contribution in [3.63, 3.8) is 0 Å². The molecule has 5 rings (SSSR count). The summed E-state index contributed by atoms with van der Waals surface area (Å²) < 4.78 is 0. The Morgan fingerprint density at radius 2 is 1.73 bits per heavy atom. The Bertz CT molecular complexity index is 1300. The molecule has 8 heteroatoms. The largest absolute Gasteiger partial charge is 0.379 e. The molecule has 3 heterocycles. The second-order valence-corrected chi connectivity index (χ2v) is 6.87. The number of benzene rings is 2. The first-order valence-corrected chi connectivity index (χ1v) is 9.52. The van der Waals surface area contributed by atoms with Crippen LogP contribution in [0.1, 0.15) is 11.3 Å². The van der Waals surface area contributed by atoms with Crippen molar-refractivity contribution in [2.45, 2.75) is 13.5 Å². The van der Waals surface area contributed by atoms with E-state index in [1.54, 1.807) is 12.4 Å². The summed E-state index contributed by atoms with van der Waals surface area (Å²) in [7, 11) is 0. The highest BCUT2D eigenvalue weighted by Crippen LogP contribution is 2.30. The molecule has 0 radical (unpaired) electrons. The highest BCUT2D eigenvalue weighted by atomic mass is 15.5. The molecule has 0 atom stereocenters. The molecule has 8 nitrogen and oxygen atoms in total. The molecule has 2 aromatic carbocycles. The van der Waals surface area contributed by atoms with E-state index in [4.69, 9.17) is 0 Å². The molecule has 0 aliphatic heterocycles. The quantitative estimate of drug-likeness (QED) is 0.467. The molecule has 0 fully saturated rings. The van der Waals surface area contributed by atoms with Gasteiger partial charge in [0.15, 0.2) is 5.65 Å². The molecule has 3 aromatic heterocycles. The van der Waals surface area contributed by atoms with Crippen molar-refractivity contribution in [1.29, 1.82) is 0 Å². The van der Waals surface area contributed by atoms with Crippen molar-refractivity contribution in [3.05, 3.63) is 78.2 Å². The van der Waals surface area contributed by atoms with E-state index in [9.17, 15) is 0 Å². The first-order valence-electron chi connectivity index (χ1n) is 9.52. The standard InChI is InChI=1S/C22H18N8/c1-14-12-19(20-22(26-14)24-11-10-23-20)25-13-15-6-8-16(9-7-15)17-4-2-3-5-18(17)21-27-29-30-28-21/h2-12H,13H2,1H3,(H,24,25,26)(H,27,28,29,30). The van der Waals surface area contributed by atoms with Gasteiger partial charge in [-0.15, -0.1) is 10.2 Å². The SMILES string of the molecule is Cc1cc(NCc2ccc(-c3ccccc3-c3nn[nH]n3)cc2)c2nccnc2n1. The molecule has 2 N–H and O–H groups in total. The third-order valence-electron chi connectivity index (χ3n) is 4.83. The molecule has 0 amide bonds. The number of aryl methyl sites for hydroxylation is 1. The monoisotopic (exact) mass is 394 g/mol. The van der Waals surface area contributed by atoms with E-state index in [-0.39, 0.29) is 0 Å². The van der Waals surface area contributed by atoms with Crippen LogP contribution in [-0.4, -0.2) is 35.6 Å². The number of H-pyrrole nitrogens is 1. The first-order chi connectivity index (χ1) is 14.8. The lowest BCUT2D eigenvalue weighted by Crippen LogP contribution is -2.02. The highest BCUT2D eigenvalue weighted by molar-refractivity contribution is 5.85. The van der Waals surface area contributed by atoms with Gasteiger partial charge in [0.05, 0.1) is 5.69 Å². The van der Waals surface area contributed by atoms with E-state index < -0.39 is 0 Å². The van der Waals surface area contributed by atoms with Crippen molar-refractivity contribution in [2.24, 2.45) is 0 Å². The third-order valence-corrected chi connectivity index (χ3v) is 4.83. The third kappa shape index (κ3) is 3.46. The summed E-state index contributed by atoms with van der Waals surface area (Å²) in [5.74, 6) is 0.581. The molecule has 0 saturated carbocycles. The summed E-state index contributed by atoms with van der Waals surface area (Å²) in [6, 6.07) is 18.4. The summed E-state index contributed by atoms with van der Waals surface area (Å²) in [5.41, 5.74) is 7.50. The Labute approximate surface area is 172 Å². The number of hydrogen-bond acceptors (Lipinski definition) is 7. The Balaban J connectivity index is 1.39. The van der Waals surface area contributed by atoms with Gasteiger partial charge in [-0.3, -0.25) is 0 Å². The van der Waals surface area contributed by atoms with Crippen molar-refractivity contribution in [2.75, 3.05) is 5.32 Å². The second kappa shape index (κ2) is 7.67. The molecule has 0 unspecified atom stereocenters. The van der Waals surface area contributed by atoms with E-state index >= 15 is 0 Å². The van der Waals surface area contributed by atoms with Gasteiger partial charge in [0.1, 0.15) is 5.52 Å². The fraction of sp³-hybridized carbons (Fsp3) is 0.0909. The number of hydrogen-bond donors (Lipinski definition) is 2. The van der Waals surface area contributed by atoms with Crippen LogP contribution >= 0.6 is 0 Å². The van der Waals surface area contributed by atoms with Gasteiger partial charge in [-0.05, 0) is 34.9 Å². The minimum absolute atomic E-state index is 0.581. The Kier molecular flexibility index (Phi) is 4.57. The van der Waals surface area contributed by atoms with E-state index in [2.05, 4.69) is 71.2 Å². The maximum atomic E-state index is 4.44. The summed E-state index contributed by atoms with van der Waals surface area (Å²) in [5, 5.41) is 17.9. The van der Waals surface area contributed by atoms with Crippen LogP contribution in [0.5, 0.6) is 0 Å². The molecule has 0 saturated heterocycles. The van der Waals surface area contributed by atoms with Gasteiger partial charge in [-0.1, -0.05) is 48.5 Å². The fourth-order valence-electron chi connectivity index (χ4n) is 3.42. The van der Waals surface area contributed by atoms with Gasteiger partial charge in [0, 0.05) is 30.2 Å². The zero-order valence-electron chi connectivity index (χ0n) is 16.2. The van der Waals surface area contributed by atoms with E-state index in [1.807, 2.05) is 31.2 Å². The average molecular weight is 394 g/mol. The van der Waals surface area contributed by atoms with Crippen molar-refractivity contribution >= 4 is 16.9 Å². The molecule has 0 spiro atoms. The molecular formula is C22H18N8. The Morgan fingerprint density at radius 1 is 0.933 bits per heavy atom. The minimum Gasteiger partial charge on any atom is -0.379 e. The zero-order chi connectivity index (χ0) is 20.3. The smallest absolute Gasteiger partial charge is 0.205 e. The van der Waals surface area contributed by atoms with Gasteiger partial charge in [-0.25, -0.2) is 15.0 Å². The van der Waals surface area contributed by atoms with E-state index in [0.717, 1.165) is 39.2 Å². The number of fused-ring (bicyclic) bond motifs is 1. The number of nitrogens with one attached hydrogen (secondary N) is 2. The summed E-state index contributed by atoms with van der Waals surface area (Å²) in [6.45, 7) is 2.62. The summed E-state index contributed by atoms with van der Waals surface area (Å²) in [6.07, 6.45) is 3.34. The maximum absolute atomic E-state index is 4.44. The number of aromatic amines is 1. The molecule has 30 heavy (non-hydrogen) atoms. The first kappa shape index (κ1) is 17.9. The van der Waals surface area contributed by atoms with Crippen LogP contribution in [0.15, 0.2) is 67.0 Å². The van der Waals surface area contributed by atoms with Gasteiger partial charge < -0.3 is 5.32 Å². The summed E-state index contributed by atoms with van der Waals surface area (Å²) >= 11 is 0. The highest BCUT2D eigenvalue weighted by Gasteiger charge is 2.11. The van der Waals surface area contributed by atoms with Crippen LogP contribution in [0.3, 0.4) is 0 Å². The zero-order valence-corrected chi connectivity index (χ0v) is 16.2. The predicted octanol–water partition coefficient (Wildman–Crippen LogP) is 3.79. The Morgan fingerprint density at radius 3 is 2.53 bits per heavy atom. The molecular weight excluding hydrogens is 376 g/mol. The second-order valence-electron chi connectivity index (χ2n) is 6.87. The number of aromatic nitrogens is 7. The minimum atomic E-state index is 0.581. The van der Waals surface area contributed by atoms with Crippen LogP contribution in [0.4, 0.5) is 5.69 Å². The lowest BCUT2D eigenvalue weighted by Gasteiger charge is -2.11. The fourth-order valence-corrected chi connectivity index (χ4v) is 3.42. The van der Waals surface area contributed by atoms with Crippen LogP contribution in [-0.2, 0) is 6.54 Å². The predicted molar refractivity (Wildman–Crippen MR) is 114 cm³/mol. The number of nitrogens with zero attached hydrogens (tertiary/aromatic N) is 6. The molecule has 0 aliphatic carbocycles. The van der Waals surface area contributed by atoms with Crippen molar-refractivity contribution < 1.29 is 0 Å². The van der Waals surface area contributed by atoms with Gasteiger partial charge in [-0.2, -0.15) is 5.21 Å². The van der Waals surface area contributed by atoms with Gasteiger partial charge in [0.25, 0.3) is 0 Å². The molecule has 0 aliphatic rings. The number of tetrazole rings is 1.